The van der Waals surface area contributed by atoms with Crippen molar-refractivity contribution in [1.82, 2.24) is 0 Å². The highest BCUT2D eigenvalue weighted by molar-refractivity contribution is 5.49. The third-order valence-electron chi connectivity index (χ3n) is 2.71. The third-order valence-corrected chi connectivity index (χ3v) is 2.71. The number of benzene rings is 1. The molecule has 0 radical (unpaired) electrons. The van der Waals surface area contributed by atoms with E-state index in [4.69, 9.17) is 4.74 Å². The van der Waals surface area contributed by atoms with Gasteiger partial charge in [0.2, 0.25) is 0 Å². The Labute approximate surface area is 105 Å². The lowest BCUT2D eigenvalue weighted by Gasteiger charge is -2.10. The highest BCUT2D eigenvalue weighted by Gasteiger charge is 1.99. The Kier molecular flexibility index (Phi) is 6.16. The molecule has 17 heavy (non-hydrogen) atoms. The molecule has 0 aliphatic carbocycles. The van der Waals surface area contributed by atoms with Crippen LogP contribution in [-0.2, 0) is 4.74 Å². The summed E-state index contributed by atoms with van der Waals surface area (Å²) in [5, 5.41) is 0. The Morgan fingerprint density at radius 3 is 2.53 bits per heavy atom. The molecule has 0 fully saturated rings. The van der Waals surface area contributed by atoms with Gasteiger partial charge in [-0.3, -0.25) is 0 Å². The van der Waals surface area contributed by atoms with Crippen molar-refractivity contribution < 1.29 is 4.74 Å². The van der Waals surface area contributed by atoms with Crippen LogP contribution in [0.5, 0.6) is 0 Å². The molecule has 0 N–H and O–H groups in total. The lowest BCUT2D eigenvalue weighted by Crippen LogP contribution is -2.03. The van der Waals surface area contributed by atoms with Crippen LogP contribution in [0.3, 0.4) is 0 Å². The summed E-state index contributed by atoms with van der Waals surface area (Å²) < 4.78 is 5.72. The molecule has 1 nitrogen and oxygen atoms in total. The molecule has 1 rings (SSSR count). The van der Waals surface area contributed by atoms with Crippen LogP contribution < -0.4 is 0 Å². The first kappa shape index (κ1) is 13.6. The molecule has 0 amide bonds. The van der Waals surface area contributed by atoms with Crippen LogP contribution in [0.25, 0.3) is 6.08 Å². The van der Waals surface area contributed by atoms with Crippen LogP contribution in [0.15, 0.2) is 48.2 Å². The minimum Gasteiger partial charge on any atom is -0.494 e. The summed E-state index contributed by atoms with van der Waals surface area (Å²) in [7, 11) is 0. The summed E-state index contributed by atoms with van der Waals surface area (Å²) in [4.78, 5) is 0. The summed E-state index contributed by atoms with van der Waals surface area (Å²) in [6.07, 6.45) is 8.30. The third kappa shape index (κ3) is 5.39. The molecule has 1 atom stereocenters. The van der Waals surface area contributed by atoms with Gasteiger partial charge in [0.1, 0.15) is 6.10 Å². The Bertz CT molecular complexity index is 362. The summed E-state index contributed by atoms with van der Waals surface area (Å²) in [6, 6.07) is 10.3. The average Bonchev–Trinajstić information content (AvgIpc) is 2.39. The summed E-state index contributed by atoms with van der Waals surface area (Å²) in [5.41, 5.74) is 2.49. The zero-order valence-electron chi connectivity index (χ0n) is 11.0. The van der Waals surface area contributed by atoms with Gasteiger partial charge < -0.3 is 4.74 Å². The van der Waals surface area contributed by atoms with Gasteiger partial charge in [0.05, 0.1) is 6.26 Å². The van der Waals surface area contributed by atoms with E-state index in [9.17, 15) is 0 Å². The van der Waals surface area contributed by atoms with E-state index in [1.54, 1.807) is 0 Å². The lowest BCUT2D eigenvalue weighted by molar-refractivity contribution is 0.181. The van der Waals surface area contributed by atoms with Gasteiger partial charge >= 0.3 is 0 Å². The molecule has 0 saturated carbocycles. The Hall–Kier alpha value is -1.50. The molecule has 1 aromatic rings. The van der Waals surface area contributed by atoms with Crippen molar-refractivity contribution in [3.05, 3.63) is 53.8 Å². The molecule has 1 heteroatoms. The van der Waals surface area contributed by atoms with Crippen LogP contribution in [0.1, 0.15) is 39.2 Å². The largest absolute Gasteiger partial charge is 0.494 e. The molecule has 0 aliphatic rings. The van der Waals surface area contributed by atoms with E-state index in [2.05, 4.69) is 45.1 Å². The molecule has 0 aliphatic heterocycles. The summed E-state index contributed by atoms with van der Waals surface area (Å²) >= 11 is 0. The minimum atomic E-state index is 0.164. The van der Waals surface area contributed by atoms with Gasteiger partial charge in [-0.05, 0) is 37.0 Å². The highest BCUT2D eigenvalue weighted by Crippen LogP contribution is 2.08. The predicted octanol–water partition coefficient (Wildman–Crippen LogP) is 4.81. The van der Waals surface area contributed by atoms with E-state index in [1.807, 2.05) is 24.5 Å². The Morgan fingerprint density at radius 1 is 1.24 bits per heavy atom. The highest BCUT2D eigenvalue weighted by atomic mass is 16.5. The number of rotatable bonds is 6. The Balaban J connectivity index is 2.55. The molecule has 0 bridgehead atoms. The monoisotopic (exact) mass is 230 g/mol. The van der Waals surface area contributed by atoms with Crippen LogP contribution in [-0.4, -0.2) is 6.10 Å². The minimum absolute atomic E-state index is 0.164. The molecule has 1 aromatic carbocycles. The molecular formula is C16H22O. The average molecular weight is 230 g/mol. The molecular weight excluding hydrogens is 208 g/mol. The van der Waals surface area contributed by atoms with Crippen LogP contribution in [0, 0.1) is 0 Å². The fraction of sp³-hybridized carbons (Fsp3) is 0.375. The van der Waals surface area contributed by atoms with E-state index < -0.39 is 0 Å². The van der Waals surface area contributed by atoms with Gasteiger partial charge in [-0.1, -0.05) is 50.3 Å². The maximum Gasteiger partial charge on any atom is 0.116 e. The van der Waals surface area contributed by atoms with Crippen molar-refractivity contribution in [2.75, 3.05) is 0 Å². The maximum absolute atomic E-state index is 5.72. The zero-order chi connectivity index (χ0) is 12.5. The van der Waals surface area contributed by atoms with Crippen molar-refractivity contribution in [3.63, 3.8) is 0 Å². The fourth-order valence-corrected chi connectivity index (χ4v) is 1.35. The van der Waals surface area contributed by atoms with Gasteiger partial charge in [0.15, 0.2) is 0 Å². The van der Waals surface area contributed by atoms with Crippen LogP contribution >= 0.6 is 0 Å². The molecule has 92 valence electrons. The second-order valence-corrected chi connectivity index (χ2v) is 4.17. The Morgan fingerprint density at radius 2 is 1.94 bits per heavy atom. The van der Waals surface area contributed by atoms with Gasteiger partial charge in [0, 0.05) is 0 Å². The quantitative estimate of drug-likeness (QED) is 0.637. The summed E-state index contributed by atoms with van der Waals surface area (Å²) in [6.45, 7) is 6.36. The number of hydrogen-bond donors (Lipinski definition) is 0. The first-order valence-electron chi connectivity index (χ1n) is 6.30. The SMILES string of the molecule is CC/C(C)=C\OC(/C=C/c1ccccc1)CC. The first-order valence-corrected chi connectivity index (χ1v) is 6.30. The molecule has 1 unspecified atom stereocenters. The van der Waals surface area contributed by atoms with Crippen LogP contribution in [0.4, 0.5) is 0 Å². The fourth-order valence-electron chi connectivity index (χ4n) is 1.35. The lowest BCUT2D eigenvalue weighted by atomic mass is 10.1. The van der Waals surface area contributed by atoms with E-state index >= 15 is 0 Å². The normalized spacial score (nSPS) is 13.9. The number of hydrogen-bond acceptors (Lipinski definition) is 1. The van der Waals surface area contributed by atoms with Gasteiger partial charge in [-0.25, -0.2) is 0 Å². The zero-order valence-corrected chi connectivity index (χ0v) is 11.0. The standard InChI is InChI=1S/C16H22O/c1-4-14(3)13-17-16(5-2)12-11-15-9-7-6-8-10-15/h6-13,16H,4-5H2,1-3H3/b12-11+,14-13-. The van der Waals surface area contributed by atoms with E-state index in [-0.39, 0.29) is 6.10 Å². The van der Waals surface area contributed by atoms with Crippen molar-refractivity contribution in [2.24, 2.45) is 0 Å². The predicted molar refractivity (Wildman–Crippen MR) is 74.7 cm³/mol. The second kappa shape index (κ2) is 7.72. The topological polar surface area (TPSA) is 9.23 Å². The molecule has 0 spiro atoms. The summed E-state index contributed by atoms with van der Waals surface area (Å²) in [5.74, 6) is 0. The smallest absolute Gasteiger partial charge is 0.116 e. The maximum atomic E-state index is 5.72. The number of ether oxygens (including phenoxy) is 1. The first-order chi connectivity index (χ1) is 8.26. The van der Waals surface area contributed by atoms with Gasteiger partial charge in [0.25, 0.3) is 0 Å². The molecule has 0 aromatic heterocycles. The van der Waals surface area contributed by atoms with Crippen molar-refractivity contribution in [3.8, 4) is 0 Å². The molecule has 0 saturated heterocycles. The van der Waals surface area contributed by atoms with E-state index in [0.29, 0.717) is 0 Å². The van der Waals surface area contributed by atoms with E-state index in [1.165, 1.54) is 11.1 Å². The number of allylic oxidation sites excluding steroid dienone is 1. The second-order valence-electron chi connectivity index (χ2n) is 4.17. The molecule has 0 heterocycles. The van der Waals surface area contributed by atoms with Gasteiger partial charge in [-0.2, -0.15) is 0 Å². The van der Waals surface area contributed by atoms with Crippen molar-refractivity contribution >= 4 is 6.08 Å². The van der Waals surface area contributed by atoms with Crippen molar-refractivity contribution in [1.29, 1.82) is 0 Å². The van der Waals surface area contributed by atoms with Gasteiger partial charge in [-0.15, -0.1) is 0 Å². The van der Waals surface area contributed by atoms with Crippen molar-refractivity contribution in [2.45, 2.75) is 39.7 Å². The van der Waals surface area contributed by atoms with E-state index in [0.717, 1.165) is 12.8 Å². The van der Waals surface area contributed by atoms with Crippen LogP contribution in [0.2, 0.25) is 0 Å².